The van der Waals surface area contributed by atoms with Crippen LogP contribution in [0.5, 0.6) is 0 Å². The molecule has 0 spiro atoms. The number of para-hydroxylation sites is 1. The minimum Gasteiger partial charge on any atom is -0.445 e. The van der Waals surface area contributed by atoms with Crippen LogP contribution >= 0.6 is 0 Å². The van der Waals surface area contributed by atoms with Gasteiger partial charge >= 0.3 is 18.2 Å². The van der Waals surface area contributed by atoms with Gasteiger partial charge < -0.3 is 71.8 Å². The number of imide groups is 1. The first kappa shape index (κ1) is 68.1. The number of fused-ring (bicyclic) bond motifs is 3. The molecule has 468 valence electrons. The quantitative estimate of drug-likeness (QED) is 0.0236. The second-order valence-electron chi connectivity index (χ2n) is 23.0. The molecule has 11 amide bonds. The number of nitrogens with one attached hydrogen (secondary N) is 8. The van der Waals surface area contributed by atoms with Gasteiger partial charge in [0.1, 0.15) is 54.3 Å². The number of imidazole rings is 1. The molecule has 10 N–H and O–H groups in total. The van der Waals surface area contributed by atoms with E-state index in [4.69, 9.17) is 34.6 Å². The summed E-state index contributed by atoms with van der Waals surface area (Å²) in [6, 6.07) is 10.9. The Bertz CT molecular complexity index is 3100. The number of pyridine rings is 1. The number of hydrogen-bond donors (Lipinski definition) is 9. The molecule has 4 aromatic rings. The molecule has 86 heavy (non-hydrogen) atoms. The van der Waals surface area contributed by atoms with Crippen molar-refractivity contribution >= 4 is 93.0 Å². The number of ether oxygens (including phenoxy) is 4. The molecule has 0 unspecified atom stereocenters. The van der Waals surface area contributed by atoms with Gasteiger partial charge in [0.25, 0.3) is 11.8 Å². The third kappa shape index (κ3) is 21.4. The largest absolute Gasteiger partial charge is 0.445 e. The number of urea groups is 1. The van der Waals surface area contributed by atoms with E-state index in [1.54, 1.807) is 58.9 Å². The Morgan fingerprint density at radius 3 is 2.09 bits per heavy atom. The van der Waals surface area contributed by atoms with Crippen molar-refractivity contribution in [2.24, 2.45) is 11.7 Å². The van der Waals surface area contributed by atoms with Crippen LogP contribution in [0.4, 0.5) is 25.9 Å². The summed E-state index contributed by atoms with van der Waals surface area (Å²) in [5.74, 6) is -2.98. The molecular formula is C59H83N13O14. The third-order valence-corrected chi connectivity index (χ3v) is 13.2. The molecule has 27 heteroatoms. The predicted octanol–water partition coefficient (Wildman–Crippen LogP) is 4.70. The Kier molecular flexibility index (Phi) is 24.9. The van der Waals surface area contributed by atoms with Gasteiger partial charge in [-0.1, -0.05) is 50.6 Å². The second kappa shape index (κ2) is 31.4. The molecule has 0 fully saturated rings. The molecule has 0 saturated carbocycles. The van der Waals surface area contributed by atoms with Crippen LogP contribution in [0.1, 0.15) is 119 Å². The molecule has 27 nitrogen and oxygen atoms in total. The molecule has 2 atom stereocenters. The average molecular weight is 1200 g/mol. The molecule has 3 heterocycles. The van der Waals surface area contributed by atoms with Gasteiger partial charge in [0.15, 0.2) is 5.82 Å². The number of hydrogen-bond acceptors (Lipinski definition) is 16. The third-order valence-electron chi connectivity index (χ3n) is 13.2. The van der Waals surface area contributed by atoms with Crippen LogP contribution in [-0.2, 0) is 72.3 Å². The van der Waals surface area contributed by atoms with Crippen molar-refractivity contribution in [3.05, 3.63) is 72.1 Å². The maximum absolute atomic E-state index is 13.7. The number of amides is 11. The van der Waals surface area contributed by atoms with E-state index in [0.29, 0.717) is 59.5 Å². The monoisotopic (exact) mass is 1200 g/mol. The van der Waals surface area contributed by atoms with Gasteiger partial charge in [-0.2, -0.15) is 0 Å². The summed E-state index contributed by atoms with van der Waals surface area (Å²) in [5.41, 5.74) is 4.73. The maximum Gasteiger partial charge on any atom is 0.408 e. The summed E-state index contributed by atoms with van der Waals surface area (Å²) in [6.07, 6.45) is 2.80. The number of nitrogens with two attached hydrogens (primary N) is 1. The van der Waals surface area contributed by atoms with Gasteiger partial charge in [-0.25, -0.2) is 24.4 Å². The van der Waals surface area contributed by atoms with Crippen LogP contribution in [0, 0.1) is 5.92 Å². The number of unbranched alkanes of at least 4 members (excludes halogenated alkanes) is 2. The lowest BCUT2D eigenvalue weighted by Gasteiger charge is -2.28. The van der Waals surface area contributed by atoms with E-state index >= 15 is 0 Å². The summed E-state index contributed by atoms with van der Waals surface area (Å²) in [5, 5.41) is 22.1. The van der Waals surface area contributed by atoms with Crippen LogP contribution in [-0.4, -0.2) is 147 Å². The Morgan fingerprint density at radius 2 is 1.43 bits per heavy atom. The molecule has 0 saturated heterocycles. The molecule has 1 aliphatic heterocycles. The van der Waals surface area contributed by atoms with E-state index in [0.717, 1.165) is 10.3 Å². The maximum atomic E-state index is 13.7. The van der Waals surface area contributed by atoms with Gasteiger partial charge in [0, 0.05) is 55.9 Å². The van der Waals surface area contributed by atoms with Gasteiger partial charge in [-0.3, -0.25) is 38.5 Å². The van der Waals surface area contributed by atoms with Crippen molar-refractivity contribution in [3.63, 3.8) is 0 Å². The summed E-state index contributed by atoms with van der Waals surface area (Å²) in [4.78, 5) is 138. The molecule has 0 bridgehead atoms. The Labute approximate surface area is 499 Å². The van der Waals surface area contributed by atoms with Crippen molar-refractivity contribution in [1.29, 1.82) is 0 Å². The second-order valence-corrected chi connectivity index (χ2v) is 23.0. The van der Waals surface area contributed by atoms with Gasteiger partial charge in [-0.15, -0.1) is 0 Å². The minimum atomic E-state index is -1.42. The van der Waals surface area contributed by atoms with E-state index in [2.05, 4.69) is 42.5 Å². The molecule has 0 radical (unpaired) electrons. The van der Waals surface area contributed by atoms with Crippen LogP contribution in [0.3, 0.4) is 0 Å². The van der Waals surface area contributed by atoms with E-state index in [1.165, 1.54) is 26.0 Å². The lowest BCUT2D eigenvalue weighted by molar-refractivity contribution is -0.137. The summed E-state index contributed by atoms with van der Waals surface area (Å²) in [7, 11) is 0. The first-order valence-electron chi connectivity index (χ1n) is 28.6. The molecule has 5 rings (SSSR count). The van der Waals surface area contributed by atoms with Crippen molar-refractivity contribution in [2.45, 2.75) is 156 Å². The lowest BCUT2D eigenvalue weighted by Crippen LogP contribution is -2.55. The van der Waals surface area contributed by atoms with E-state index < -0.39 is 70.7 Å². The van der Waals surface area contributed by atoms with Crippen molar-refractivity contribution < 1.29 is 66.9 Å². The first-order chi connectivity index (χ1) is 40.6. The van der Waals surface area contributed by atoms with Crippen molar-refractivity contribution in [1.82, 2.24) is 51.3 Å². The fraction of sp³-hybridized carbons (Fsp3) is 0.525. The van der Waals surface area contributed by atoms with Gasteiger partial charge in [0.05, 0.1) is 29.8 Å². The SMILES string of the molecule is CCOCc1nc2c(NC(=O)CNC(=O)OC(C)(C)C)nc3ccccc3c2n1CC(C)(C)OCCNC(=O)C(C)(C)NC(=O)OCc1ccc(NC(=O)[C@H](CCCNC(N)=O)NC(=O)[C@@H](NC(=O)CCCCCN2C(=O)C=CC2=O)C(C)C)cc1. The highest BCUT2D eigenvalue weighted by Gasteiger charge is 2.33. The number of benzene rings is 2. The molecule has 2 aromatic carbocycles. The van der Waals surface area contributed by atoms with Crippen molar-refractivity contribution in [3.8, 4) is 0 Å². The van der Waals surface area contributed by atoms with Crippen LogP contribution in [0.2, 0.25) is 0 Å². The molecular weight excluding hydrogens is 1110 g/mol. The predicted molar refractivity (Wildman–Crippen MR) is 319 cm³/mol. The molecule has 2 aromatic heterocycles. The normalized spacial score (nSPS) is 13.3. The molecule has 0 aliphatic carbocycles. The zero-order valence-corrected chi connectivity index (χ0v) is 50.7. The van der Waals surface area contributed by atoms with E-state index in [-0.39, 0.29) is 101 Å². The topological polar surface area (TPSA) is 364 Å². The Balaban J connectivity index is 1.11. The number of aromatic nitrogens is 3. The highest BCUT2D eigenvalue weighted by Crippen LogP contribution is 2.32. The number of anilines is 2. The number of primary amides is 1. The lowest BCUT2D eigenvalue weighted by atomic mass is 10.0. The highest BCUT2D eigenvalue weighted by molar-refractivity contribution is 6.13. The fourth-order valence-electron chi connectivity index (χ4n) is 8.85. The van der Waals surface area contributed by atoms with Gasteiger partial charge in [-0.05, 0) is 111 Å². The van der Waals surface area contributed by atoms with Crippen LogP contribution in [0.15, 0.2) is 60.7 Å². The number of nitrogens with zero attached hydrogens (tertiary/aromatic N) is 4. The highest BCUT2D eigenvalue weighted by atomic mass is 16.6. The van der Waals surface area contributed by atoms with Crippen molar-refractivity contribution in [2.75, 3.05) is 50.0 Å². The Hall–Kier alpha value is -8.72. The van der Waals surface area contributed by atoms with E-state index in [1.807, 2.05) is 49.6 Å². The summed E-state index contributed by atoms with van der Waals surface area (Å²) >= 11 is 0. The summed E-state index contributed by atoms with van der Waals surface area (Å²) < 4.78 is 24.8. The number of rotatable bonds is 32. The van der Waals surface area contributed by atoms with Crippen LogP contribution in [0.25, 0.3) is 21.9 Å². The average Bonchev–Trinajstić information content (AvgIpc) is 2.27. The van der Waals surface area contributed by atoms with Gasteiger partial charge in [0.2, 0.25) is 29.5 Å². The fourth-order valence-corrected chi connectivity index (χ4v) is 8.85. The first-order valence-corrected chi connectivity index (χ1v) is 28.6. The number of carbonyl (C=O) groups excluding carboxylic acids is 10. The van der Waals surface area contributed by atoms with E-state index in [9.17, 15) is 47.9 Å². The minimum absolute atomic E-state index is 0.0792. The summed E-state index contributed by atoms with van der Waals surface area (Å²) in [6.45, 7) is 18.1. The zero-order chi connectivity index (χ0) is 63.4. The number of alkyl carbamates (subject to hydrolysis) is 2. The zero-order valence-electron chi connectivity index (χ0n) is 50.7. The van der Waals surface area contributed by atoms with Crippen LogP contribution < -0.4 is 48.3 Å². The smallest absolute Gasteiger partial charge is 0.408 e. The number of carbonyl (C=O) groups is 10. The Morgan fingerprint density at radius 1 is 0.733 bits per heavy atom. The molecule has 1 aliphatic rings. The standard InChI is InChI=1S/C59H83N13O14/c1-11-83-34-42-67-48-49(39-18-14-15-19-40(39)65-50(48)69-44(74)32-63-55(81)86-57(4,5)6)72(42)35-58(7,8)85-31-29-61-53(79)59(9,10)70-56(82)84-33-37-22-24-38(25-23-37)64-51(77)41(20-17-28-62-54(60)80)66-52(78)47(36(2)3)68-43(73)21-13-12-16-30-71-45(75)26-27-46(71)76/h14-15,18-19,22-27,36,41,47H,11-13,16-17,20-21,28-35H2,1-10H3,(H,61,79)(H,63,81)(H,64,77)(H,66,78)(H,68,73)(H,70,82)(H3,60,62,80)(H,65,69,74)/t41-,47-/m0/s1.